The summed E-state index contributed by atoms with van der Waals surface area (Å²) >= 11 is 0. The van der Waals surface area contributed by atoms with Crippen LogP contribution in [0.25, 0.3) is 11.4 Å². The van der Waals surface area contributed by atoms with Crippen LogP contribution >= 0.6 is 0 Å². The quantitative estimate of drug-likeness (QED) is 0.755. The predicted molar refractivity (Wildman–Crippen MR) is 88.0 cm³/mol. The fourth-order valence-corrected chi connectivity index (χ4v) is 2.33. The van der Waals surface area contributed by atoms with Crippen LogP contribution in [0.15, 0.2) is 59.1 Å². The lowest BCUT2D eigenvalue weighted by Crippen LogP contribution is -2.11. The predicted octanol–water partition coefficient (Wildman–Crippen LogP) is 3.38. The molecule has 0 unspecified atom stereocenters. The number of hydrogen-bond donors (Lipinski definition) is 1. The zero-order chi connectivity index (χ0) is 16.1. The van der Waals surface area contributed by atoms with E-state index in [9.17, 15) is 0 Å². The number of aromatic nitrogens is 2. The number of nitrogens with two attached hydrogens (primary N) is 1. The van der Waals surface area contributed by atoms with Gasteiger partial charge in [-0.05, 0) is 42.7 Å². The van der Waals surface area contributed by atoms with Crippen molar-refractivity contribution in [2.75, 3.05) is 7.11 Å². The Labute approximate surface area is 135 Å². The van der Waals surface area contributed by atoms with E-state index in [-0.39, 0.29) is 6.04 Å². The lowest BCUT2D eigenvalue weighted by Gasteiger charge is -2.06. The highest BCUT2D eigenvalue weighted by atomic mass is 16.5. The maximum atomic E-state index is 6.16. The second-order valence-electron chi connectivity index (χ2n) is 5.32. The van der Waals surface area contributed by atoms with Crippen molar-refractivity contribution in [1.29, 1.82) is 0 Å². The van der Waals surface area contributed by atoms with Gasteiger partial charge in [-0.15, -0.1) is 0 Å². The van der Waals surface area contributed by atoms with E-state index in [2.05, 4.69) is 22.3 Å². The third-order valence-electron chi connectivity index (χ3n) is 3.69. The van der Waals surface area contributed by atoms with Crippen molar-refractivity contribution < 1.29 is 9.26 Å². The van der Waals surface area contributed by atoms with Crippen LogP contribution < -0.4 is 10.5 Å². The van der Waals surface area contributed by atoms with Gasteiger partial charge in [0, 0.05) is 5.56 Å². The number of nitrogens with zero attached hydrogens (tertiary/aromatic N) is 2. The van der Waals surface area contributed by atoms with Gasteiger partial charge in [0.1, 0.15) is 5.75 Å². The van der Waals surface area contributed by atoms with Crippen LogP contribution in [-0.2, 0) is 6.42 Å². The number of aryl methyl sites for hydroxylation is 1. The molecule has 0 bridgehead atoms. The molecule has 5 nitrogen and oxygen atoms in total. The van der Waals surface area contributed by atoms with Crippen molar-refractivity contribution in [1.82, 2.24) is 10.1 Å². The average molecular weight is 309 g/mol. The van der Waals surface area contributed by atoms with Crippen LogP contribution in [0.5, 0.6) is 5.75 Å². The summed E-state index contributed by atoms with van der Waals surface area (Å²) in [6.45, 7) is 0. The molecule has 0 amide bonds. The first-order valence-electron chi connectivity index (χ1n) is 7.54. The minimum absolute atomic E-state index is 0.269. The van der Waals surface area contributed by atoms with Crippen LogP contribution in [0.3, 0.4) is 0 Å². The van der Waals surface area contributed by atoms with Crippen molar-refractivity contribution in [3.8, 4) is 17.1 Å². The zero-order valence-corrected chi connectivity index (χ0v) is 13.0. The molecule has 0 aliphatic heterocycles. The highest BCUT2D eigenvalue weighted by molar-refractivity contribution is 5.55. The van der Waals surface area contributed by atoms with E-state index in [0.717, 1.165) is 24.2 Å². The molecule has 1 atom stereocenters. The Morgan fingerprint density at radius 2 is 1.83 bits per heavy atom. The van der Waals surface area contributed by atoms with E-state index in [1.807, 2.05) is 42.5 Å². The topological polar surface area (TPSA) is 74.2 Å². The molecule has 1 aromatic heterocycles. The fraction of sp³-hybridized carbons (Fsp3) is 0.222. The second kappa shape index (κ2) is 7.07. The van der Waals surface area contributed by atoms with Gasteiger partial charge in [0.05, 0.1) is 13.2 Å². The van der Waals surface area contributed by atoms with Gasteiger partial charge < -0.3 is 15.0 Å². The Hall–Kier alpha value is -2.66. The molecule has 23 heavy (non-hydrogen) atoms. The molecular weight excluding hydrogens is 290 g/mol. The summed E-state index contributed by atoms with van der Waals surface area (Å²) in [6, 6.07) is 17.5. The minimum atomic E-state index is -0.269. The van der Waals surface area contributed by atoms with Crippen LogP contribution in [0, 0.1) is 0 Å². The zero-order valence-electron chi connectivity index (χ0n) is 13.0. The Balaban J connectivity index is 1.65. The molecule has 0 fully saturated rings. The summed E-state index contributed by atoms with van der Waals surface area (Å²) in [6.07, 6.45) is 1.64. The van der Waals surface area contributed by atoms with E-state index in [1.165, 1.54) is 5.56 Å². The van der Waals surface area contributed by atoms with Crippen LogP contribution in [0.2, 0.25) is 0 Å². The molecular formula is C18H19N3O2. The molecule has 0 saturated carbocycles. The number of methoxy groups -OCH3 is 1. The Bertz CT molecular complexity index is 738. The maximum Gasteiger partial charge on any atom is 0.243 e. The Kier molecular flexibility index (Phi) is 4.68. The van der Waals surface area contributed by atoms with Crippen molar-refractivity contribution in [2.45, 2.75) is 18.9 Å². The fourth-order valence-electron chi connectivity index (χ4n) is 2.33. The van der Waals surface area contributed by atoms with E-state index < -0.39 is 0 Å². The van der Waals surface area contributed by atoms with Gasteiger partial charge in [-0.3, -0.25) is 0 Å². The van der Waals surface area contributed by atoms with Gasteiger partial charge >= 0.3 is 0 Å². The van der Waals surface area contributed by atoms with Crippen LogP contribution in [0.1, 0.15) is 23.9 Å². The number of ether oxygens (including phenoxy) is 1. The van der Waals surface area contributed by atoms with Crippen LogP contribution in [0.4, 0.5) is 0 Å². The van der Waals surface area contributed by atoms with Crippen molar-refractivity contribution in [3.05, 3.63) is 66.1 Å². The Morgan fingerprint density at radius 3 is 2.52 bits per heavy atom. The van der Waals surface area contributed by atoms with Gasteiger partial charge in [0.15, 0.2) is 0 Å². The first-order valence-corrected chi connectivity index (χ1v) is 7.54. The average Bonchev–Trinajstić information content (AvgIpc) is 3.11. The summed E-state index contributed by atoms with van der Waals surface area (Å²) in [5, 5.41) is 4.01. The highest BCUT2D eigenvalue weighted by Gasteiger charge is 2.15. The van der Waals surface area contributed by atoms with Gasteiger partial charge in [-0.25, -0.2) is 0 Å². The molecule has 5 heteroatoms. The molecule has 3 aromatic rings. The number of rotatable bonds is 6. The van der Waals surface area contributed by atoms with Crippen LogP contribution in [-0.4, -0.2) is 17.3 Å². The summed E-state index contributed by atoms with van der Waals surface area (Å²) in [7, 11) is 1.63. The molecule has 2 N–H and O–H groups in total. The smallest absolute Gasteiger partial charge is 0.243 e. The molecule has 3 rings (SSSR count). The first kappa shape index (κ1) is 15.2. The minimum Gasteiger partial charge on any atom is -0.497 e. The summed E-state index contributed by atoms with van der Waals surface area (Å²) in [4.78, 5) is 4.40. The lowest BCUT2D eigenvalue weighted by atomic mass is 10.1. The van der Waals surface area contributed by atoms with Gasteiger partial charge in [-0.1, -0.05) is 35.5 Å². The molecule has 118 valence electrons. The molecule has 0 aliphatic rings. The van der Waals surface area contributed by atoms with Crippen molar-refractivity contribution in [2.24, 2.45) is 5.73 Å². The van der Waals surface area contributed by atoms with Gasteiger partial charge in [-0.2, -0.15) is 4.98 Å². The normalized spacial score (nSPS) is 12.1. The Morgan fingerprint density at radius 1 is 1.09 bits per heavy atom. The second-order valence-corrected chi connectivity index (χ2v) is 5.32. The summed E-state index contributed by atoms with van der Waals surface area (Å²) < 4.78 is 10.4. The molecule has 1 heterocycles. The largest absolute Gasteiger partial charge is 0.497 e. The molecule has 0 aliphatic carbocycles. The van der Waals surface area contributed by atoms with E-state index in [0.29, 0.717) is 11.7 Å². The third kappa shape index (κ3) is 3.76. The van der Waals surface area contributed by atoms with E-state index in [4.69, 9.17) is 15.0 Å². The van der Waals surface area contributed by atoms with Gasteiger partial charge in [0.2, 0.25) is 11.7 Å². The third-order valence-corrected chi connectivity index (χ3v) is 3.69. The van der Waals surface area contributed by atoms with Crippen molar-refractivity contribution in [3.63, 3.8) is 0 Å². The van der Waals surface area contributed by atoms with E-state index >= 15 is 0 Å². The molecule has 0 radical (unpaired) electrons. The van der Waals surface area contributed by atoms with Crippen molar-refractivity contribution >= 4 is 0 Å². The number of hydrogen-bond acceptors (Lipinski definition) is 5. The van der Waals surface area contributed by atoms with E-state index in [1.54, 1.807) is 7.11 Å². The molecule has 0 spiro atoms. The number of benzene rings is 2. The molecule has 0 saturated heterocycles. The SMILES string of the molecule is COc1ccc(-c2noc([C@H](N)CCc3ccccc3)n2)cc1. The monoisotopic (exact) mass is 309 g/mol. The summed E-state index contributed by atoms with van der Waals surface area (Å²) in [5.74, 6) is 1.79. The highest BCUT2D eigenvalue weighted by Crippen LogP contribution is 2.22. The maximum absolute atomic E-state index is 6.16. The first-order chi connectivity index (χ1) is 11.3. The summed E-state index contributed by atoms with van der Waals surface area (Å²) in [5.41, 5.74) is 8.28. The molecule has 2 aromatic carbocycles. The standard InChI is InChI=1S/C18H19N3O2/c1-22-15-10-8-14(9-11-15)17-20-18(23-21-17)16(19)12-7-13-5-3-2-4-6-13/h2-6,8-11,16H,7,12,19H2,1H3/t16-/m1/s1. The lowest BCUT2D eigenvalue weighted by molar-refractivity contribution is 0.349. The van der Waals surface area contributed by atoms with Gasteiger partial charge in [0.25, 0.3) is 0 Å².